The standard InChI is InChI=1S/C10H13NO2.ClH/c1-3-4-9-7(2)5-8(6-11-9)10(12)13;/h5-6H,3-4H2,1-2H3,(H,12,13);1H. The van der Waals surface area contributed by atoms with Gasteiger partial charge >= 0.3 is 5.97 Å². The van der Waals surface area contributed by atoms with Crippen LogP contribution in [-0.4, -0.2) is 16.1 Å². The van der Waals surface area contributed by atoms with E-state index < -0.39 is 5.97 Å². The third-order valence-corrected chi connectivity index (χ3v) is 1.92. The maximum absolute atomic E-state index is 10.6. The summed E-state index contributed by atoms with van der Waals surface area (Å²) >= 11 is 0. The summed E-state index contributed by atoms with van der Waals surface area (Å²) in [6.07, 6.45) is 3.35. The van der Waals surface area contributed by atoms with E-state index in [0.29, 0.717) is 0 Å². The summed E-state index contributed by atoms with van der Waals surface area (Å²) in [6.45, 7) is 3.97. The Kier molecular flexibility index (Phi) is 5.16. The second kappa shape index (κ2) is 5.60. The van der Waals surface area contributed by atoms with E-state index in [0.717, 1.165) is 24.1 Å². The summed E-state index contributed by atoms with van der Waals surface area (Å²) < 4.78 is 0. The van der Waals surface area contributed by atoms with Crippen LogP contribution in [0, 0.1) is 6.92 Å². The van der Waals surface area contributed by atoms with Crippen molar-refractivity contribution in [1.29, 1.82) is 0 Å². The van der Waals surface area contributed by atoms with Crippen molar-refractivity contribution >= 4 is 18.4 Å². The van der Waals surface area contributed by atoms with Crippen LogP contribution in [0.2, 0.25) is 0 Å². The van der Waals surface area contributed by atoms with Crippen LogP contribution in [0.15, 0.2) is 12.3 Å². The number of rotatable bonds is 3. The lowest BCUT2D eigenvalue weighted by atomic mass is 10.1. The summed E-state index contributed by atoms with van der Waals surface area (Å²) in [7, 11) is 0. The monoisotopic (exact) mass is 215 g/mol. The molecule has 4 heteroatoms. The Hall–Kier alpha value is -1.09. The number of aromatic carboxylic acids is 1. The molecular formula is C10H14ClNO2. The van der Waals surface area contributed by atoms with Crippen LogP contribution in [0.25, 0.3) is 0 Å². The van der Waals surface area contributed by atoms with E-state index in [2.05, 4.69) is 11.9 Å². The maximum atomic E-state index is 10.6. The van der Waals surface area contributed by atoms with Crippen LogP contribution < -0.4 is 0 Å². The van der Waals surface area contributed by atoms with Crippen molar-refractivity contribution in [3.05, 3.63) is 29.1 Å². The highest BCUT2D eigenvalue weighted by Crippen LogP contribution is 2.09. The second-order valence-electron chi connectivity index (χ2n) is 3.04. The molecular weight excluding hydrogens is 202 g/mol. The molecule has 0 amide bonds. The fourth-order valence-electron chi connectivity index (χ4n) is 1.22. The number of aryl methyl sites for hydroxylation is 2. The van der Waals surface area contributed by atoms with Crippen molar-refractivity contribution in [2.24, 2.45) is 0 Å². The van der Waals surface area contributed by atoms with Gasteiger partial charge in [0, 0.05) is 11.9 Å². The highest BCUT2D eigenvalue weighted by molar-refractivity contribution is 5.87. The lowest BCUT2D eigenvalue weighted by molar-refractivity contribution is 0.0696. The predicted octanol–water partition coefficient (Wildman–Crippen LogP) is 2.46. The Morgan fingerprint density at radius 2 is 2.21 bits per heavy atom. The minimum Gasteiger partial charge on any atom is -0.478 e. The molecule has 1 aromatic rings. The Balaban J connectivity index is 0.00000169. The fourth-order valence-corrected chi connectivity index (χ4v) is 1.22. The molecule has 1 heterocycles. The zero-order chi connectivity index (χ0) is 9.84. The van der Waals surface area contributed by atoms with Gasteiger partial charge in [-0.3, -0.25) is 4.98 Å². The Morgan fingerprint density at radius 1 is 1.57 bits per heavy atom. The van der Waals surface area contributed by atoms with Crippen LogP contribution in [0.4, 0.5) is 0 Å². The van der Waals surface area contributed by atoms with Crippen molar-refractivity contribution < 1.29 is 9.90 Å². The van der Waals surface area contributed by atoms with E-state index in [1.54, 1.807) is 6.07 Å². The number of hydrogen-bond donors (Lipinski definition) is 1. The minimum absolute atomic E-state index is 0. The van der Waals surface area contributed by atoms with Gasteiger partial charge in [0.2, 0.25) is 0 Å². The number of nitrogens with zero attached hydrogens (tertiary/aromatic N) is 1. The van der Waals surface area contributed by atoms with Crippen molar-refractivity contribution in [2.45, 2.75) is 26.7 Å². The van der Waals surface area contributed by atoms with Gasteiger partial charge in [0.15, 0.2) is 0 Å². The van der Waals surface area contributed by atoms with Crippen molar-refractivity contribution in [2.75, 3.05) is 0 Å². The zero-order valence-electron chi connectivity index (χ0n) is 8.28. The Bertz CT molecular complexity index is 326. The average molecular weight is 216 g/mol. The number of pyridine rings is 1. The summed E-state index contributed by atoms with van der Waals surface area (Å²) in [4.78, 5) is 14.7. The molecule has 0 saturated heterocycles. The average Bonchev–Trinajstić information content (AvgIpc) is 2.08. The van der Waals surface area contributed by atoms with Gasteiger partial charge in [0.25, 0.3) is 0 Å². The quantitative estimate of drug-likeness (QED) is 0.843. The number of carbonyl (C=O) groups is 1. The van der Waals surface area contributed by atoms with E-state index in [1.807, 2.05) is 6.92 Å². The molecule has 0 radical (unpaired) electrons. The van der Waals surface area contributed by atoms with E-state index in [4.69, 9.17) is 5.11 Å². The normalized spacial score (nSPS) is 9.29. The number of hydrogen-bond acceptors (Lipinski definition) is 2. The van der Waals surface area contributed by atoms with Gasteiger partial charge in [-0.05, 0) is 25.0 Å². The van der Waals surface area contributed by atoms with Gasteiger partial charge in [-0.15, -0.1) is 12.4 Å². The van der Waals surface area contributed by atoms with Gasteiger partial charge in [-0.2, -0.15) is 0 Å². The van der Waals surface area contributed by atoms with Crippen molar-refractivity contribution in [3.8, 4) is 0 Å². The molecule has 1 rings (SSSR count). The number of halogens is 1. The van der Waals surface area contributed by atoms with Crippen LogP contribution in [0.5, 0.6) is 0 Å². The highest BCUT2D eigenvalue weighted by Gasteiger charge is 2.05. The summed E-state index contributed by atoms with van der Waals surface area (Å²) in [5, 5.41) is 8.69. The first-order chi connectivity index (χ1) is 6.15. The molecule has 14 heavy (non-hydrogen) atoms. The molecule has 0 aliphatic rings. The van der Waals surface area contributed by atoms with Gasteiger partial charge < -0.3 is 5.11 Å². The SMILES string of the molecule is CCCc1ncc(C(=O)O)cc1C.Cl. The van der Waals surface area contributed by atoms with Crippen LogP contribution >= 0.6 is 12.4 Å². The van der Waals surface area contributed by atoms with E-state index in [1.165, 1.54) is 6.20 Å². The van der Waals surface area contributed by atoms with Crippen molar-refractivity contribution in [1.82, 2.24) is 4.98 Å². The minimum atomic E-state index is -0.918. The number of aromatic nitrogens is 1. The largest absolute Gasteiger partial charge is 0.478 e. The Morgan fingerprint density at radius 3 is 2.64 bits per heavy atom. The smallest absolute Gasteiger partial charge is 0.337 e. The zero-order valence-corrected chi connectivity index (χ0v) is 9.10. The number of carboxylic acids is 1. The molecule has 78 valence electrons. The molecule has 0 aromatic carbocycles. The lowest BCUT2D eigenvalue weighted by Crippen LogP contribution is -2.01. The van der Waals surface area contributed by atoms with Crippen LogP contribution in [-0.2, 0) is 6.42 Å². The Labute approximate surface area is 89.6 Å². The van der Waals surface area contributed by atoms with Crippen LogP contribution in [0.3, 0.4) is 0 Å². The summed E-state index contributed by atoms with van der Waals surface area (Å²) in [5.41, 5.74) is 2.21. The van der Waals surface area contributed by atoms with Gasteiger partial charge in [-0.25, -0.2) is 4.79 Å². The highest BCUT2D eigenvalue weighted by atomic mass is 35.5. The second-order valence-corrected chi connectivity index (χ2v) is 3.04. The third-order valence-electron chi connectivity index (χ3n) is 1.92. The molecule has 0 spiro atoms. The predicted molar refractivity (Wildman–Crippen MR) is 57.2 cm³/mol. The molecule has 1 N–H and O–H groups in total. The molecule has 0 aliphatic carbocycles. The summed E-state index contributed by atoms with van der Waals surface area (Å²) in [6, 6.07) is 1.67. The molecule has 0 bridgehead atoms. The van der Waals surface area contributed by atoms with Gasteiger partial charge in [-0.1, -0.05) is 13.3 Å². The topological polar surface area (TPSA) is 50.2 Å². The molecule has 3 nitrogen and oxygen atoms in total. The van der Waals surface area contributed by atoms with E-state index >= 15 is 0 Å². The third kappa shape index (κ3) is 3.00. The van der Waals surface area contributed by atoms with E-state index in [9.17, 15) is 4.79 Å². The lowest BCUT2D eigenvalue weighted by Gasteiger charge is -2.03. The van der Waals surface area contributed by atoms with Crippen molar-refractivity contribution in [3.63, 3.8) is 0 Å². The summed E-state index contributed by atoms with van der Waals surface area (Å²) in [5.74, 6) is -0.918. The fraction of sp³-hybridized carbons (Fsp3) is 0.400. The molecule has 1 aromatic heterocycles. The molecule has 0 aliphatic heterocycles. The number of carboxylic acid groups (broad SMARTS) is 1. The first-order valence-electron chi connectivity index (χ1n) is 4.34. The molecule has 0 atom stereocenters. The maximum Gasteiger partial charge on any atom is 0.337 e. The van der Waals surface area contributed by atoms with Gasteiger partial charge in [0.1, 0.15) is 0 Å². The molecule has 0 saturated carbocycles. The molecule has 0 fully saturated rings. The molecule has 0 unspecified atom stereocenters. The van der Waals surface area contributed by atoms with Gasteiger partial charge in [0.05, 0.1) is 5.56 Å². The van der Waals surface area contributed by atoms with E-state index in [-0.39, 0.29) is 18.0 Å². The van der Waals surface area contributed by atoms with Crippen LogP contribution in [0.1, 0.15) is 35.0 Å². The first kappa shape index (κ1) is 12.9. The first-order valence-corrected chi connectivity index (χ1v) is 4.34.